The molecule has 24 heavy (non-hydrogen) atoms. The minimum atomic E-state index is -0.428. The number of rotatable bonds is 6. The molecule has 0 bridgehead atoms. The van der Waals surface area contributed by atoms with Crippen LogP contribution in [0.3, 0.4) is 0 Å². The fourth-order valence-electron chi connectivity index (χ4n) is 2.55. The van der Waals surface area contributed by atoms with E-state index in [4.69, 9.17) is 9.26 Å². The third-order valence-electron chi connectivity index (χ3n) is 3.68. The van der Waals surface area contributed by atoms with Crippen molar-refractivity contribution in [2.24, 2.45) is 5.92 Å². The first-order valence-electron chi connectivity index (χ1n) is 8.15. The highest BCUT2D eigenvalue weighted by atomic mass is 19.1. The van der Waals surface area contributed by atoms with Crippen molar-refractivity contribution >= 4 is 11.8 Å². The monoisotopic (exact) mass is 335 g/mol. The molecular weight excluding hydrogens is 313 g/mol. The molecule has 3 rings (SSSR count). The summed E-state index contributed by atoms with van der Waals surface area (Å²) < 4.78 is 24.6. The lowest BCUT2D eigenvalue weighted by molar-refractivity contribution is 0.122. The van der Waals surface area contributed by atoms with Crippen molar-refractivity contribution in [1.29, 1.82) is 0 Å². The zero-order valence-corrected chi connectivity index (χ0v) is 14.0. The van der Waals surface area contributed by atoms with Gasteiger partial charge in [0.15, 0.2) is 11.6 Å². The van der Waals surface area contributed by atoms with Crippen LogP contribution in [0.15, 0.2) is 16.8 Å². The second-order valence-electron chi connectivity index (χ2n) is 6.20. The maximum absolute atomic E-state index is 14.0. The molecule has 3 heterocycles. The Morgan fingerprint density at radius 2 is 2.12 bits per heavy atom. The molecule has 130 valence electrons. The fraction of sp³-hybridized carbons (Fsp3) is 0.562. The third-order valence-corrected chi connectivity index (χ3v) is 3.68. The van der Waals surface area contributed by atoms with Gasteiger partial charge in [0.2, 0.25) is 5.95 Å². The minimum Gasteiger partial charge on any atom is -0.378 e. The Kier molecular flexibility index (Phi) is 5.24. The van der Waals surface area contributed by atoms with E-state index in [1.165, 1.54) is 6.20 Å². The van der Waals surface area contributed by atoms with Gasteiger partial charge in [-0.1, -0.05) is 19.0 Å². The van der Waals surface area contributed by atoms with E-state index in [2.05, 4.69) is 34.3 Å². The van der Waals surface area contributed by atoms with E-state index >= 15 is 0 Å². The maximum Gasteiger partial charge on any atom is 0.225 e. The first kappa shape index (κ1) is 16.6. The highest BCUT2D eigenvalue weighted by Gasteiger charge is 2.18. The Labute approximate surface area is 140 Å². The summed E-state index contributed by atoms with van der Waals surface area (Å²) in [5.74, 6) is 1.61. The van der Waals surface area contributed by atoms with Gasteiger partial charge in [0.1, 0.15) is 11.5 Å². The smallest absolute Gasteiger partial charge is 0.225 e. The molecule has 0 aliphatic carbocycles. The summed E-state index contributed by atoms with van der Waals surface area (Å²) in [5.41, 5.74) is 0.770. The second-order valence-corrected chi connectivity index (χ2v) is 6.20. The van der Waals surface area contributed by atoms with Gasteiger partial charge in [-0.15, -0.1) is 0 Å². The predicted octanol–water partition coefficient (Wildman–Crippen LogP) is 2.25. The van der Waals surface area contributed by atoms with E-state index in [0.717, 1.165) is 17.9 Å². The molecule has 1 fully saturated rings. The topological polar surface area (TPSA) is 76.3 Å². The second kappa shape index (κ2) is 7.57. The molecule has 1 aliphatic rings. The highest BCUT2D eigenvalue weighted by Crippen LogP contribution is 2.19. The Morgan fingerprint density at radius 1 is 1.33 bits per heavy atom. The Balaban J connectivity index is 1.63. The molecule has 7 nitrogen and oxygen atoms in total. The van der Waals surface area contributed by atoms with E-state index in [9.17, 15) is 4.39 Å². The van der Waals surface area contributed by atoms with E-state index < -0.39 is 5.82 Å². The summed E-state index contributed by atoms with van der Waals surface area (Å²) in [6, 6.07) is 1.92. The molecule has 2 aromatic heterocycles. The van der Waals surface area contributed by atoms with Crippen LogP contribution in [-0.4, -0.2) is 41.4 Å². The van der Waals surface area contributed by atoms with Gasteiger partial charge in [0.05, 0.1) is 26.0 Å². The normalized spacial score (nSPS) is 15.1. The molecular formula is C16H22FN5O2. The van der Waals surface area contributed by atoms with Gasteiger partial charge in [0, 0.05) is 25.6 Å². The van der Waals surface area contributed by atoms with Crippen LogP contribution in [0.4, 0.5) is 16.2 Å². The van der Waals surface area contributed by atoms with E-state index in [1.54, 1.807) is 0 Å². The van der Waals surface area contributed by atoms with Crippen LogP contribution in [0, 0.1) is 11.7 Å². The summed E-state index contributed by atoms with van der Waals surface area (Å²) in [4.78, 5) is 10.1. The van der Waals surface area contributed by atoms with E-state index in [0.29, 0.717) is 50.5 Å². The quantitative estimate of drug-likeness (QED) is 0.867. The van der Waals surface area contributed by atoms with Gasteiger partial charge in [0.25, 0.3) is 0 Å². The van der Waals surface area contributed by atoms with Crippen LogP contribution in [0.1, 0.15) is 25.3 Å². The third kappa shape index (κ3) is 4.19. The molecule has 0 atom stereocenters. The number of nitrogens with one attached hydrogen (secondary N) is 1. The van der Waals surface area contributed by atoms with Crippen LogP contribution < -0.4 is 10.2 Å². The zero-order valence-electron chi connectivity index (χ0n) is 14.0. The lowest BCUT2D eigenvalue weighted by Crippen LogP contribution is -2.37. The average Bonchev–Trinajstić information content (AvgIpc) is 3.01. The molecule has 2 aromatic rings. The number of nitrogens with zero attached hydrogens (tertiary/aromatic N) is 4. The highest BCUT2D eigenvalue weighted by molar-refractivity contribution is 5.44. The number of aromatic nitrogens is 3. The van der Waals surface area contributed by atoms with Crippen molar-refractivity contribution in [3.8, 4) is 0 Å². The molecule has 1 N–H and O–H groups in total. The van der Waals surface area contributed by atoms with Gasteiger partial charge >= 0.3 is 0 Å². The van der Waals surface area contributed by atoms with Crippen LogP contribution in [0.2, 0.25) is 0 Å². The number of hydrogen-bond acceptors (Lipinski definition) is 7. The fourth-order valence-corrected chi connectivity index (χ4v) is 2.55. The van der Waals surface area contributed by atoms with Gasteiger partial charge in [-0.25, -0.2) is 9.37 Å². The van der Waals surface area contributed by atoms with Crippen molar-refractivity contribution in [3.63, 3.8) is 0 Å². The lowest BCUT2D eigenvalue weighted by Gasteiger charge is -2.28. The average molecular weight is 335 g/mol. The molecule has 0 spiro atoms. The molecule has 1 saturated heterocycles. The number of hydrogen-bond donors (Lipinski definition) is 1. The van der Waals surface area contributed by atoms with Crippen LogP contribution in [-0.2, 0) is 17.7 Å². The van der Waals surface area contributed by atoms with Crippen LogP contribution >= 0.6 is 0 Å². The minimum absolute atomic E-state index is 0.302. The number of ether oxygens (including phenoxy) is 1. The van der Waals surface area contributed by atoms with Crippen molar-refractivity contribution < 1.29 is 13.7 Å². The standard InChI is InChI=1S/C16H22FN5O2/c1-11(2)7-13-8-12(21-24-13)9-18-16-19-10-14(17)15(20-16)22-3-5-23-6-4-22/h8,10-11H,3-7,9H2,1-2H3,(H,18,19,20). The van der Waals surface area contributed by atoms with Gasteiger partial charge in [-0.05, 0) is 5.92 Å². The molecule has 0 saturated carbocycles. The zero-order chi connectivity index (χ0) is 16.9. The SMILES string of the molecule is CC(C)Cc1cc(CNc2ncc(F)c(N3CCOCC3)n2)no1. The molecule has 0 aromatic carbocycles. The number of halogens is 1. The van der Waals surface area contributed by atoms with Crippen molar-refractivity contribution in [1.82, 2.24) is 15.1 Å². The van der Waals surface area contributed by atoms with Gasteiger partial charge in [-0.2, -0.15) is 4.98 Å². The largest absolute Gasteiger partial charge is 0.378 e. The summed E-state index contributed by atoms with van der Waals surface area (Å²) in [6.07, 6.45) is 2.04. The predicted molar refractivity (Wildman–Crippen MR) is 87.4 cm³/mol. The summed E-state index contributed by atoms with van der Waals surface area (Å²) in [5, 5.41) is 7.09. The Hall–Kier alpha value is -2.22. The summed E-state index contributed by atoms with van der Waals surface area (Å²) >= 11 is 0. The van der Waals surface area contributed by atoms with E-state index in [1.807, 2.05) is 11.0 Å². The van der Waals surface area contributed by atoms with Gasteiger partial charge < -0.3 is 19.5 Å². The van der Waals surface area contributed by atoms with Crippen molar-refractivity contribution in [2.75, 3.05) is 36.5 Å². The lowest BCUT2D eigenvalue weighted by atomic mass is 10.1. The molecule has 1 aliphatic heterocycles. The van der Waals surface area contributed by atoms with Gasteiger partial charge in [-0.3, -0.25) is 0 Å². The Bertz CT molecular complexity index is 670. The maximum atomic E-state index is 14.0. The van der Waals surface area contributed by atoms with Crippen LogP contribution in [0.25, 0.3) is 0 Å². The summed E-state index contributed by atoms with van der Waals surface area (Å²) in [6.45, 7) is 7.06. The van der Waals surface area contributed by atoms with Crippen LogP contribution in [0.5, 0.6) is 0 Å². The van der Waals surface area contributed by atoms with Crippen molar-refractivity contribution in [3.05, 3.63) is 29.5 Å². The van der Waals surface area contributed by atoms with E-state index in [-0.39, 0.29) is 0 Å². The van der Waals surface area contributed by atoms with Crippen molar-refractivity contribution in [2.45, 2.75) is 26.8 Å². The summed E-state index contributed by atoms with van der Waals surface area (Å²) in [7, 11) is 0. The molecule has 0 radical (unpaired) electrons. The first-order chi connectivity index (χ1) is 11.6. The molecule has 8 heteroatoms. The molecule has 0 amide bonds. The first-order valence-corrected chi connectivity index (χ1v) is 8.15. The number of anilines is 2. The number of morpholine rings is 1. The molecule has 0 unspecified atom stereocenters. The Morgan fingerprint density at radius 3 is 2.88 bits per heavy atom.